The van der Waals surface area contributed by atoms with Crippen LogP contribution in [0.4, 0.5) is 0 Å². The minimum atomic E-state index is -0.399. The van der Waals surface area contributed by atoms with Crippen LogP contribution in [0.1, 0.15) is 5.56 Å². The molecule has 1 N–H and O–H groups in total. The van der Waals surface area contributed by atoms with Crippen LogP contribution >= 0.6 is 0 Å². The van der Waals surface area contributed by atoms with Crippen LogP contribution < -0.4 is 5.63 Å². The van der Waals surface area contributed by atoms with Crippen molar-refractivity contribution < 1.29 is 9.52 Å². The number of rotatable bonds is 3. The highest BCUT2D eigenvalue weighted by molar-refractivity contribution is 5.90. The van der Waals surface area contributed by atoms with E-state index in [0.29, 0.717) is 10.9 Å². The van der Waals surface area contributed by atoms with Crippen molar-refractivity contribution in [3.8, 4) is 22.4 Å². The van der Waals surface area contributed by atoms with E-state index >= 15 is 0 Å². The molecule has 2 aromatic carbocycles. The summed E-state index contributed by atoms with van der Waals surface area (Å²) in [6.45, 7) is -0.00197. The predicted octanol–water partition coefficient (Wildman–Crippen LogP) is 4.01. The molecule has 0 saturated carbocycles. The van der Waals surface area contributed by atoms with Crippen molar-refractivity contribution in [1.29, 1.82) is 0 Å². The first-order valence-electron chi connectivity index (χ1n) is 7.94. The van der Waals surface area contributed by atoms with Gasteiger partial charge in [0.05, 0.1) is 29.5 Å². The summed E-state index contributed by atoms with van der Waals surface area (Å²) in [6, 6.07) is 20.9. The first-order valence-corrected chi connectivity index (χ1v) is 7.94. The molecule has 4 heteroatoms. The Labute approximate surface area is 144 Å². The van der Waals surface area contributed by atoms with E-state index in [4.69, 9.17) is 9.40 Å². The Balaban J connectivity index is 2.02. The molecule has 4 nitrogen and oxygen atoms in total. The summed E-state index contributed by atoms with van der Waals surface area (Å²) in [6.07, 6.45) is 1.36. The quantitative estimate of drug-likeness (QED) is 0.617. The standard InChI is InChI=1S/C21H15NO3/c23-13-14-6-8-16(9-7-14)20-17(15-4-2-1-3-5-15)12-18-19(22-20)10-11-25-21(18)24/h1-12,23H,13H2. The average Bonchev–Trinajstić information content (AvgIpc) is 2.68. The molecule has 122 valence electrons. The van der Waals surface area contributed by atoms with Crippen LogP contribution in [0, 0.1) is 0 Å². The monoisotopic (exact) mass is 329 g/mol. The van der Waals surface area contributed by atoms with Crippen LogP contribution in [0.5, 0.6) is 0 Å². The Morgan fingerprint density at radius 2 is 1.68 bits per heavy atom. The number of benzene rings is 2. The van der Waals surface area contributed by atoms with Crippen molar-refractivity contribution in [2.75, 3.05) is 0 Å². The SMILES string of the molecule is O=c1occc2nc(-c3ccc(CO)cc3)c(-c3ccccc3)cc12. The number of fused-ring (bicyclic) bond motifs is 1. The van der Waals surface area contributed by atoms with Gasteiger partial charge in [-0.3, -0.25) is 0 Å². The van der Waals surface area contributed by atoms with Crippen LogP contribution in [0.25, 0.3) is 33.3 Å². The van der Waals surface area contributed by atoms with Gasteiger partial charge in [-0.05, 0) is 23.3 Å². The first-order chi connectivity index (χ1) is 12.3. The van der Waals surface area contributed by atoms with E-state index < -0.39 is 5.63 Å². The summed E-state index contributed by atoms with van der Waals surface area (Å²) in [5.41, 5.74) is 4.58. The van der Waals surface area contributed by atoms with Crippen LogP contribution in [0.2, 0.25) is 0 Å². The van der Waals surface area contributed by atoms with Gasteiger partial charge in [0.2, 0.25) is 0 Å². The molecule has 4 aromatic rings. The summed E-state index contributed by atoms with van der Waals surface area (Å²) < 4.78 is 4.98. The Kier molecular flexibility index (Phi) is 3.88. The molecular weight excluding hydrogens is 314 g/mol. The van der Waals surface area contributed by atoms with Gasteiger partial charge in [-0.1, -0.05) is 54.6 Å². The Hall–Kier alpha value is -3.24. The molecule has 0 aliphatic heterocycles. The normalized spacial score (nSPS) is 10.9. The van der Waals surface area contributed by atoms with Gasteiger partial charge >= 0.3 is 5.63 Å². The van der Waals surface area contributed by atoms with Gasteiger partial charge in [0.1, 0.15) is 0 Å². The first kappa shape index (κ1) is 15.3. The number of aliphatic hydroxyl groups excluding tert-OH is 1. The molecule has 2 aromatic heterocycles. The number of hydrogen-bond acceptors (Lipinski definition) is 4. The number of nitrogens with zero attached hydrogens (tertiary/aromatic N) is 1. The fourth-order valence-electron chi connectivity index (χ4n) is 2.87. The van der Waals surface area contributed by atoms with Crippen LogP contribution in [0.3, 0.4) is 0 Å². The molecule has 0 aliphatic carbocycles. The molecule has 0 bridgehead atoms. The fraction of sp³-hybridized carbons (Fsp3) is 0.0476. The maximum Gasteiger partial charge on any atom is 0.345 e. The second-order valence-corrected chi connectivity index (χ2v) is 5.75. The van der Waals surface area contributed by atoms with Crippen molar-refractivity contribution in [2.24, 2.45) is 0 Å². The van der Waals surface area contributed by atoms with E-state index in [1.165, 1.54) is 6.26 Å². The summed E-state index contributed by atoms with van der Waals surface area (Å²) >= 11 is 0. The Morgan fingerprint density at radius 3 is 2.40 bits per heavy atom. The molecule has 25 heavy (non-hydrogen) atoms. The van der Waals surface area contributed by atoms with E-state index in [2.05, 4.69) is 0 Å². The maximum absolute atomic E-state index is 12.1. The Bertz CT molecular complexity index is 1080. The Morgan fingerprint density at radius 1 is 0.920 bits per heavy atom. The lowest BCUT2D eigenvalue weighted by atomic mass is 9.97. The molecular formula is C21H15NO3. The van der Waals surface area contributed by atoms with Crippen LogP contribution in [0.15, 0.2) is 82.2 Å². The smallest absolute Gasteiger partial charge is 0.345 e. The topological polar surface area (TPSA) is 63.3 Å². The van der Waals surface area contributed by atoms with E-state index in [-0.39, 0.29) is 6.61 Å². The molecule has 0 unspecified atom stereocenters. The van der Waals surface area contributed by atoms with Crippen molar-refractivity contribution in [3.05, 3.63) is 89.0 Å². The van der Waals surface area contributed by atoms with Crippen molar-refractivity contribution in [3.63, 3.8) is 0 Å². The minimum Gasteiger partial charge on any atom is -0.431 e. The van der Waals surface area contributed by atoms with Gasteiger partial charge in [-0.15, -0.1) is 0 Å². The number of hydrogen-bond donors (Lipinski definition) is 1. The summed E-state index contributed by atoms with van der Waals surface area (Å²) in [5.74, 6) is 0. The molecule has 0 atom stereocenters. The highest BCUT2D eigenvalue weighted by atomic mass is 16.4. The van der Waals surface area contributed by atoms with Gasteiger partial charge in [0.25, 0.3) is 0 Å². The third-order valence-corrected chi connectivity index (χ3v) is 4.17. The lowest BCUT2D eigenvalue weighted by Crippen LogP contribution is -2.01. The van der Waals surface area contributed by atoms with Crippen molar-refractivity contribution in [2.45, 2.75) is 6.61 Å². The zero-order valence-corrected chi connectivity index (χ0v) is 13.3. The molecule has 0 spiro atoms. The molecule has 0 aliphatic rings. The minimum absolute atomic E-state index is 0.00197. The largest absolute Gasteiger partial charge is 0.431 e. The van der Waals surface area contributed by atoms with E-state index in [0.717, 1.165) is 27.9 Å². The van der Waals surface area contributed by atoms with Gasteiger partial charge in [-0.25, -0.2) is 9.78 Å². The summed E-state index contributed by atoms with van der Waals surface area (Å²) in [7, 11) is 0. The van der Waals surface area contributed by atoms with Gasteiger partial charge in [-0.2, -0.15) is 0 Å². The van der Waals surface area contributed by atoms with E-state index in [9.17, 15) is 9.90 Å². The number of aromatic nitrogens is 1. The van der Waals surface area contributed by atoms with E-state index in [1.54, 1.807) is 6.07 Å². The molecule has 0 amide bonds. The third-order valence-electron chi connectivity index (χ3n) is 4.17. The van der Waals surface area contributed by atoms with Crippen molar-refractivity contribution >= 4 is 10.9 Å². The van der Waals surface area contributed by atoms with Crippen LogP contribution in [-0.2, 0) is 6.61 Å². The maximum atomic E-state index is 12.1. The second kappa shape index (κ2) is 6.34. The molecule has 0 fully saturated rings. The number of aliphatic hydroxyl groups is 1. The van der Waals surface area contributed by atoms with E-state index in [1.807, 2.05) is 60.7 Å². The number of pyridine rings is 1. The molecule has 0 saturated heterocycles. The molecule has 2 heterocycles. The predicted molar refractivity (Wildman–Crippen MR) is 97.1 cm³/mol. The van der Waals surface area contributed by atoms with Gasteiger partial charge < -0.3 is 9.52 Å². The molecule has 4 rings (SSSR count). The summed E-state index contributed by atoms with van der Waals surface area (Å²) in [4.78, 5) is 16.8. The highest BCUT2D eigenvalue weighted by Crippen LogP contribution is 2.32. The lowest BCUT2D eigenvalue weighted by Gasteiger charge is -2.11. The molecule has 0 radical (unpaired) electrons. The zero-order chi connectivity index (χ0) is 17.2. The van der Waals surface area contributed by atoms with Crippen LogP contribution in [-0.4, -0.2) is 10.1 Å². The highest BCUT2D eigenvalue weighted by Gasteiger charge is 2.13. The van der Waals surface area contributed by atoms with Gasteiger partial charge in [0, 0.05) is 11.1 Å². The van der Waals surface area contributed by atoms with Crippen molar-refractivity contribution in [1.82, 2.24) is 4.98 Å². The zero-order valence-electron chi connectivity index (χ0n) is 13.3. The average molecular weight is 329 g/mol. The fourth-order valence-corrected chi connectivity index (χ4v) is 2.87. The lowest BCUT2D eigenvalue weighted by molar-refractivity contribution is 0.282. The third kappa shape index (κ3) is 2.84. The second-order valence-electron chi connectivity index (χ2n) is 5.75. The summed E-state index contributed by atoms with van der Waals surface area (Å²) in [5, 5.41) is 9.70. The van der Waals surface area contributed by atoms with Gasteiger partial charge in [0.15, 0.2) is 0 Å².